The van der Waals surface area contributed by atoms with Crippen molar-refractivity contribution in [2.24, 2.45) is 0 Å². The summed E-state index contributed by atoms with van der Waals surface area (Å²) in [5.74, 6) is 0.663. The fourth-order valence-corrected chi connectivity index (χ4v) is 4.11. The summed E-state index contributed by atoms with van der Waals surface area (Å²) in [5, 5.41) is 2.88. The molecule has 4 rings (SSSR count). The van der Waals surface area contributed by atoms with Crippen LogP contribution in [0.3, 0.4) is 0 Å². The van der Waals surface area contributed by atoms with Crippen molar-refractivity contribution in [3.63, 3.8) is 0 Å². The van der Waals surface area contributed by atoms with Crippen molar-refractivity contribution in [2.75, 3.05) is 18.5 Å². The molecule has 2 aliphatic rings. The molecule has 1 amide bonds. The van der Waals surface area contributed by atoms with Gasteiger partial charge in [0.05, 0.1) is 5.69 Å². The van der Waals surface area contributed by atoms with Crippen LogP contribution in [0, 0.1) is 6.92 Å². The second kappa shape index (κ2) is 6.22. The molecule has 0 atom stereocenters. The number of halogens is 1. The molecular weight excluding hydrogens is 368 g/mol. The standard InChI is InChI=1S/C19H19BrN2O2/c1-12-6-15(20)8-14-4-5-22(10-16(12)14)9-13-2-3-18-17(7-13)21-19(23)11-24-18/h2-3,6-8H,4-5,9-11H2,1H3,(H,21,23). The van der Waals surface area contributed by atoms with Crippen LogP contribution in [0.2, 0.25) is 0 Å². The fourth-order valence-electron chi connectivity index (χ4n) is 3.49. The lowest BCUT2D eigenvalue weighted by molar-refractivity contribution is -0.118. The van der Waals surface area contributed by atoms with E-state index in [0.29, 0.717) is 0 Å². The van der Waals surface area contributed by atoms with E-state index in [0.717, 1.165) is 42.0 Å². The van der Waals surface area contributed by atoms with E-state index in [1.807, 2.05) is 12.1 Å². The summed E-state index contributed by atoms with van der Waals surface area (Å²) >= 11 is 3.59. The zero-order valence-corrected chi connectivity index (χ0v) is 15.1. The molecular formula is C19H19BrN2O2. The summed E-state index contributed by atoms with van der Waals surface area (Å²) in [6.45, 7) is 5.16. The number of hydrogen-bond donors (Lipinski definition) is 1. The third-order valence-electron chi connectivity index (χ3n) is 4.69. The van der Waals surface area contributed by atoms with Crippen LogP contribution < -0.4 is 10.1 Å². The summed E-state index contributed by atoms with van der Waals surface area (Å²) in [6.07, 6.45) is 1.07. The van der Waals surface area contributed by atoms with Crippen LogP contribution in [0.5, 0.6) is 5.75 Å². The van der Waals surface area contributed by atoms with Crippen LogP contribution in [0.25, 0.3) is 0 Å². The first-order valence-corrected chi connectivity index (χ1v) is 8.93. The number of nitrogens with zero attached hydrogens (tertiary/aromatic N) is 1. The molecule has 0 saturated carbocycles. The maximum Gasteiger partial charge on any atom is 0.262 e. The number of anilines is 1. The lowest BCUT2D eigenvalue weighted by Crippen LogP contribution is -2.31. The first-order chi connectivity index (χ1) is 11.6. The Morgan fingerprint density at radius 1 is 1.29 bits per heavy atom. The number of benzene rings is 2. The third-order valence-corrected chi connectivity index (χ3v) is 5.15. The third kappa shape index (κ3) is 3.06. The van der Waals surface area contributed by atoms with E-state index in [4.69, 9.17) is 4.74 Å². The highest BCUT2D eigenvalue weighted by atomic mass is 79.9. The number of rotatable bonds is 2. The van der Waals surface area contributed by atoms with Gasteiger partial charge in [0.1, 0.15) is 5.75 Å². The molecule has 5 heteroatoms. The zero-order chi connectivity index (χ0) is 16.7. The maximum absolute atomic E-state index is 11.5. The predicted molar refractivity (Wildman–Crippen MR) is 97.3 cm³/mol. The smallest absolute Gasteiger partial charge is 0.262 e. The molecule has 0 bridgehead atoms. The Balaban J connectivity index is 1.52. The van der Waals surface area contributed by atoms with Gasteiger partial charge in [-0.25, -0.2) is 0 Å². The Kier molecular flexibility index (Phi) is 4.06. The molecule has 1 N–H and O–H groups in total. The molecule has 0 aromatic heterocycles. The van der Waals surface area contributed by atoms with E-state index in [2.05, 4.69) is 51.3 Å². The van der Waals surface area contributed by atoms with Gasteiger partial charge in [0, 0.05) is 24.1 Å². The van der Waals surface area contributed by atoms with Crippen molar-refractivity contribution in [3.05, 3.63) is 57.1 Å². The lowest BCUT2D eigenvalue weighted by Gasteiger charge is -2.30. The van der Waals surface area contributed by atoms with E-state index in [1.165, 1.54) is 22.3 Å². The normalized spacial score (nSPS) is 16.8. The number of aryl methyl sites for hydroxylation is 1. The van der Waals surface area contributed by atoms with Gasteiger partial charge in [-0.3, -0.25) is 9.69 Å². The Bertz CT molecular complexity index is 819. The second-order valence-corrected chi connectivity index (χ2v) is 7.40. The van der Waals surface area contributed by atoms with E-state index < -0.39 is 0 Å². The van der Waals surface area contributed by atoms with Gasteiger partial charge in [0.2, 0.25) is 0 Å². The fraction of sp³-hybridized carbons (Fsp3) is 0.316. The average Bonchev–Trinajstić information content (AvgIpc) is 2.55. The van der Waals surface area contributed by atoms with Gasteiger partial charge in [-0.15, -0.1) is 0 Å². The molecule has 124 valence electrons. The summed E-state index contributed by atoms with van der Waals surface area (Å²) in [4.78, 5) is 13.9. The summed E-state index contributed by atoms with van der Waals surface area (Å²) < 4.78 is 6.59. The number of hydrogen-bond acceptors (Lipinski definition) is 3. The van der Waals surface area contributed by atoms with Crippen molar-refractivity contribution in [2.45, 2.75) is 26.4 Å². The number of nitrogens with one attached hydrogen (secondary N) is 1. The van der Waals surface area contributed by atoms with Crippen molar-refractivity contribution in [1.82, 2.24) is 4.90 Å². The Morgan fingerprint density at radius 2 is 2.17 bits per heavy atom. The van der Waals surface area contributed by atoms with Gasteiger partial charge < -0.3 is 10.1 Å². The van der Waals surface area contributed by atoms with Crippen molar-refractivity contribution < 1.29 is 9.53 Å². The molecule has 0 saturated heterocycles. The largest absolute Gasteiger partial charge is 0.482 e. The molecule has 4 nitrogen and oxygen atoms in total. The molecule has 2 aliphatic heterocycles. The minimum absolute atomic E-state index is 0.0900. The number of ether oxygens (including phenoxy) is 1. The quantitative estimate of drug-likeness (QED) is 0.856. The van der Waals surface area contributed by atoms with Crippen LogP contribution in [-0.4, -0.2) is 24.0 Å². The topological polar surface area (TPSA) is 41.6 Å². The molecule has 0 aliphatic carbocycles. The molecule has 2 aromatic carbocycles. The predicted octanol–water partition coefficient (Wildman–Crippen LogP) is 3.65. The van der Waals surface area contributed by atoms with Gasteiger partial charge >= 0.3 is 0 Å². The van der Waals surface area contributed by atoms with Crippen molar-refractivity contribution >= 4 is 27.5 Å². The molecule has 2 heterocycles. The van der Waals surface area contributed by atoms with Crippen molar-refractivity contribution in [1.29, 1.82) is 0 Å². The monoisotopic (exact) mass is 386 g/mol. The first-order valence-electron chi connectivity index (χ1n) is 8.14. The molecule has 0 radical (unpaired) electrons. The van der Waals surface area contributed by atoms with Gasteiger partial charge in [-0.1, -0.05) is 22.0 Å². The number of carbonyl (C=O) groups excluding carboxylic acids is 1. The second-order valence-electron chi connectivity index (χ2n) is 6.49. The van der Waals surface area contributed by atoms with E-state index in [9.17, 15) is 4.79 Å². The minimum atomic E-state index is -0.0900. The van der Waals surface area contributed by atoms with E-state index in [1.54, 1.807) is 0 Å². The number of carbonyl (C=O) groups is 1. The van der Waals surface area contributed by atoms with Crippen LogP contribution in [0.1, 0.15) is 22.3 Å². The summed E-state index contributed by atoms with van der Waals surface area (Å²) in [7, 11) is 0. The highest BCUT2D eigenvalue weighted by Gasteiger charge is 2.20. The first kappa shape index (κ1) is 15.7. The molecule has 2 aromatic rings. The van der Waals surface area contributed by atoms with Crippen LogP contribution in [0.15, 0.2) is 34.8 Å². The molecule has 0 fully saturated rings. The van der Waals surface area contributed by atoms with Crippen LogP contribution in [0.4, 0.5) is 5.69 Å². The SMILES string of the molecule is Cc1cc(Br)cc2c1CN(Cc1ccc3c(c1)NC(=O)CO3)CC2. The zero-order valence-electron chi connectivity index (χ0n) is 13.6. The molecule has 0 unspecified atom stereocenters. The Hall–Kier alpha value is -1.85. The highest BCUT2D eigenvalue weighted by molar-refractivity contribution is 9.10. The summed E-state index contributed by atoms with van der Waals surface area (Å²) in [6, 6.07) is 10.5. The average molecular weight is 387 g/mol. The Labute approximate surface area is 149 Å². The Morgan fingerprint density at radius 3 is 3.04 bits per heavy atom. The molecule has 0 spiro atoms. The van der Waals surface area contributed by atoms with E-state index in [-0.39, 0.29) is 12.5 Å². The lowest BCUT2D eigenvalue weighted by atomic mass is 9.95. The van der Waals surface area contributed by atoms with Crippen LogP contribution >= 0.6 is 15.9 Å². The molecule has 24 heavy (non-hydrogen) atoms. The maximum atomic E-state index is 11.5. The van der Waals surface area contributed by atoms with Crippen molar-refractivity contribution in [3.8, 4) is 5.75 Å². The van der Waals surface area contributed by atoms with Gasteiger partial charge in [-0.05, 0) is 59.9 Å². The highest BCUT2D eigenvalue weighted by Crippen LogP contribution is 2.31. The minimum Gasteiger partial charge on any atom is -0.482 e. The van der Waals surface area contributed by atoms with E-state index >= 15 is 0 Å². The summed E-state index contributed by atoms with van der Waals surface area (Å²) in [5.41, 5.74) is 6.21. The van der Waals surface area contributed by atoms with Gasteiger partial charge in [0.25, 0.3) is 5.91 Å². The van der Waals surface area contributed by atoms with Crippen LogP contribution in [-0.2, 0) is 24.3 Å². The number of amides is 1. The van der Waals surface area contributed by atoms with Gasteiger partial charge in [-0.2, -0.15) is 0 Å². The number of fused-ring (bicyclic) bond motifs is 2. The van der Waals surface area contributed by atoms with Gasteiger partial charge in [0.15, 0.2) is 6.61 Å².